The van der Waals surface area contributed by atoms with E-state index < -0.39 is 23.8 Å². The highest BCUT2D eigenvalue weighted by molar-refractivity contribution is 6.24. The van der Waals surface area contributed by atoms with Crippen molar-refractivity contribution in [2.45, 2.75) is 32.5 Å². The van der Waals surface area contributed by atoms with E-state index in [4.69, 9.17) is 10.5 Å². The maximum absolute atomic E-state index is 12.8. The molecule has 0 fully saturated rings. The van der Waals surface area contributed by atoms with Gasteiger partial charge in [0.25, 0.3) is 5.91 Å². The highest BCUT2D eigenvalue weighted by Gasteiger charge is 2.36. The van der Waals surface area contributed by atoms with Crippen molar-refractivity contribution in [3.63, 3.8) is 0 Å². The van der Waals surface area contributed by atoms with Crippen molar-refractivity contribution in [1.29, 1.82) is 0 Å². The van der Waals surface area contributed by atoms with E-state index in [1.165, 1.54) is 0 Å². The lowest BCUT2D eigenvalue weighted by Gasteiger charge is -2.26. The number of fused-ring (bicyclic) bond motifs is 1. The Hall–Kier alpha value is -2.99. The average Bonchev–Trinajstić information content (AvgIpc) is 2.69. The van der Waals surface area contributed by atoms with Crippen LogP contribution in [0.3, 0.4) is 0 Å². The number of aliphatic imine (C=N–C) groups is 1. The first-order valence-corrected chi connectivity index (χ1v) is 8.33. The van der Waals surface area contributed by atoms with Crippen molar-refractivity contribution in [3.8, 4) is 0 Å². The van der Waals surface area contributed by atoms with Gasteiger partial charge in [-0.1, -0.05) is 48.5 Å². The minimum absolute atomic E-state index is 0.405. The molecule has 0 spiro atoms. The van der Waals surface area contributed by atoms with Gasteiger partial charge in [-0.2, -0.15) is 0 Å². The monoisotopic (exact) mass is 351 g/mol. The lowest BCUT2D eigenvalue weighted by molar-refractivity contribution is -0.119. The van der Waals surface area contributed by atoms with Crippen molar-refractivity contribution in [1.82, 2.24) is 0 Å². The fourth-order valence-corrected chi connectivity index (χ4v) is 2.71. The number of nitrogens with zero attached hydrogens (tertiary/aromatic N) is 2. The average molecular weight is 351 g/mol. The molecule has 2 aromatic rings. The number of benzene rings is 2. The van der Waals surface area contributed by atoms with Gasteiger partial charge in [-0.05, 0) is 26.8 Å². The molecule has 2 amide bonds. The summed E-state index contributed by atoms with van der Waals surface area (Å²) in [6, 6.07) is 16.5. The van der Waals surface area contributed by atoms with Gasteiger partial charge < -0.3 is 10.5 Å². The number of nitrogens with two attached hydrogens (primary N) is 1. The van der Waals surface area contributed by atoms with Gasteiger partial charge in [0.1, 0.15) is 5.60 Å². The van der Waals surface area contributed by atoms with E-state index in [0.717, 1.165) is 10.5 Å². The highest BCUT2D eigenvalue weighted by Crippen LogP contribution is 2.29. The molecule has 0 bridgehead atoms. The molecule has 6 heteroatoms. The normalized spacial score (nSPS) is 17.2. The first kappa shape index (κ1) is 17.8. The van der Waals surface area contributed by atoms with Gasteiger partial charge >= 0.3 is 6.09 Å². The molecule has 3 rings (SSSR count). The van der Waals surface area contributed by atoms with Crippen LogP contribution in [0.25, 0.3) is 0 Å². The second kappa shape index (κ2) is 6.72. The van der Waals surface area contributed by atoms with Gasteiger partial charge in [-0.25, -0.2) is 9.69 Å². The highest BCUT2D eigenvalue weighted by atomic mass is 16.6. The van der Waals surface area contributed by atoms with E-state index >= 15 is 0 Å². The minimum Gasteiger partial charge on any atom is -0.443 e. The zero-order valence-corrected chi connectivity index (χ0v) is 15.0. The van der Waals surface area contributed by atoms with Crippen LogP contribution in [0.5, 0.6) is 0 Å². The van der Waals surface area contributed by atoms with Crippen LogP contribution in [-0.2, 0) is 9.53 Å². The zero-order valence-electron chi connectivity index (χ0n) is 15.0. The van der Waals surface area contributed by atoms with Crippen LogP contribution < -0.4 is 10.6 Å². The van der Waals surface area contributed by atoms with Gasteiger partial charge in [0.2, 0.25) is 0 Å². The topological polar surface area (TPSA) is 85.0 Å². The van der Waals surface area contributed by atoms with Crippen LogP contribution in [0, 0.1) is 0 Å². The summed E-state index contributed by atoms with van der Waals surface area (Å²) in [7, 11) is 0. The molecular weight excluding hydrogens is 330 g/mol. The Bertz CT molecular complexity index is 869. The van der Waals surface area contributed by atoms with Gasteiger partial charge in [0.15, 0.2) is 6.17 Å². The van der Waals surface area contributed by atoms with Gasteiger partial charge in [-0.3, -0.25) is 9.79 Å². The summed E-state index contributed by atoms with van der Waals surface area (Å²) in [6.45, 7) is 5.22. The van der Waals surface area contributed by atoms with Crippen molar-refractivity contribution < 1.29 is 14.3 Å². The smallest absolute Gasteiger partial charge is 0.421 e. The predicted molar refractivity (Wildman–Crippen MR) is 100 cm³/mol. The molecule has 1 aliphatic rings. The van der Waals surface area contributed by atoms with E-state index in [1.807, 2.05) is 42.5 Å². The molecule has 0 saturated heterocycles. The Morgan fingerprint density at radius 1 is 1.08 bits per heavy atom. The SMILES string of the molecule is CC(C)(C)OC(=O)N1C(=O)C(N)N=C(c2ccccc2)c2ccccc21. The molecule has 0 radical (unpaired) electrons. The molecule has 1 heterocycles. The first-order chi connectivity index (χ1) is 12.3. The number of ether oxygens (including phenoxy) is 1. The molecule has 1 unspecified atom stereocenters. The number of carbonyl (C=O) groups is 2. The van der Waals surface area contributed by atoms with Crippen molar-refractivity contribution in [2.24, 2.45) is 10.7 Å². The number of rotatable bonds is 1. The van der Waals surface area contributed by atoms with E-state index in [2.05, 4.69) is 4.99 Å². The fraction of sp³-hybridized carbons (Fsp3) is 0.250. The maximum atomic E-state index is 12.8. The summed E-state index contributed by atoms with van der Waals surface area (Å²) in [5.74, 6) is -0.627. The third-order valence-corrected chi connectivity index (χ3v) is 3.76. The Labute approximate surface area is 152 Å². The number of benzodiazepines with no additional fused rings is 1. The van der Waals surface area contributed by atoms with Crippen LogP contribution >= 0.6 is 0 Å². The van der Waals surface area contributed by atoms with E-state index in [1.54, 1.807) is 32.9 Å². The number of hydrogen-bond donors (Lipinski definition) is 1. The van der Waals surface area contributed by atoms with Crippen LogP contribution in [-0.4, -0.2) is 29.5 Å². The van der Waals surface area contributed by atoms with Crippen LogP contribution in [0.1, 0.15) is 31.9 Å². The van der Waals surface area contributed by atoms with Crippen molar-refractivity contribution in [3.05, 3.63) is 65.7 Å². The second-order valence-electron chi connectivity index (χ2n) is 6.96. The Balaban J connectivity index is 2.15. The lowest BCUT2D eigenvalue weighted by atomic mass is 10.0. The largest absolute Gasteiger partial charge is 0.443 e. The summed E-state index contributed by atoms with van der Waals surface area (Å²) in [6.07, 6.45) is -1.97. The second-order valence-corrected chi connectivity index (χ2v) is 6.96. The lowest BCUT2D eigenvalue weighted by Crippen LogP contribution is -2.47. The summed E-state index contributed by atoms with van der Waals surface area (Å²) < 4.78 is 5.41. The molecular formula is C20H21N3O3. The third kappa shape index (κ3) is 3.50. The Kier molecular flexibility index (Phi) is 4.61. The van der Waals surface area contributed by atoms with Crippen molar-refractivity contribution >= 4 is 23.4 Å². The van der Waals surface area contributed by atoms with Crippen LogP contribution in [0.15, 0.2) is 59.6 Å². The predicted octanol–water partition coefficient (Wildman–Crippen LogP) is 3.09. The van der Waals surface area contributed by atoms with Crippen molar-refractivity contribution in [2.75, 3.05) is 4.90 Å². The number of hydrogen-bond acceptors (Lipinski definition) is 5. The van der Waals surface area contributed by atoms with Gasteiger partial charge in [0.05, 0.1) is 11.4 Å². The van der Waals surface area contributed by atoms with E-state index in [9.17, 15) is 9.59 Å². The van der Waals surface area contributed by atoms with Gasteiger partial charge in [-0.15, -0.1) is 0 Å². The molecule has 2 N–H and O–H groups in total. The maximum Gasteiger partial charge on any atom is 0.421 e. The fourth-order valence-electron chi connectivity index (χ4n) is 2.71. The van der Waals surface area contributed by atoms with E-state index in [0.29, 0.717) is 17.0 Å². The Morgan fingerprint density at radius 3 is 2.35 bits per heavy atom. The minimum atomic E-state index is -1.20. The molecule has 0 saturated carbocycles. The molecule has 2 aromatic carbocycles. The molecule has 6 nitrogen and oxygen atoms in total. The molecule has 26 heavy (non-hydrogen) atoms. The van der Waals surface area contributed by atoms with Crippen LogP contribution in [0.4, 0.5) is 10.5 Å². The number of imide groups is 1. The summed E-state index contributed by atoms with van der Waals surface area (Å²) in [5, 5.41) is 0. The number of para-hydroxylation sites is 1. The zero-order chi connectivity index (χ0) is 18.9. The molecule has 1 atom stereocenters. The molecule has 134 valence electrons. The number of anilines is 1. The third-order valence-electron chi connectivity index (χ3n) is 3.76. The molecule has 0 aliphatic carbocycles. The van der Waals surface area contributed by atoms with Gasteiger partial charge in [0, 0.05) is 11.1 Å². The molecule has 1 aliphatic heterocycles. The molecule has 0 aromatic heterocycles. The summed E-state index contributed by atoms with van der Waals surface area (Å²) >= 11 is 0. The quantitative estimate of drug-likeness (QED) is 0.855. The first-order valence-electron chi connectivity index (χ1n) is 8.33. The van der Waals surface area contributed by atoms with Crippen LogP contribution in [0.2, 0.25) is 0 Å². The number of carbonyl (C=O) groups excluding carboxylic acids is 2. The van der Waals surface area contributed by atoms with E-state index in [-0.39, 0.29) is 0 Å². The number of amides is 2. The summed E-state index contributed by atoms with van der Waals surface area (Å²) in [4.78, 5) is 30.9. The summed E-state index contributed by atoms with van der Waals surface area (Å²) in [5.41, 5.74) is 7.67. The standard InChI is InChI=1S/C20H21N3O3/c1-20(2,3)26-19(25)23-15-12-8-7-11-14(15)16(22-17(21)18(23)24)13-9-5-4-6-10-13/h4-12,17H,21H2,1-3H3. The Morgan fingerprint density at radius 2 is 1.69 bits per heavy atom.